The second-order valence-corrected chi connectivity index (χ2v) is 10.9. The van der Waals surface area contributed by atoms with Crippen LogP contribution < -0.4 is 14.4 Å². The molecular weight excluding hydrogens is 508 g/mol. The van der Waals surface area contributed by atoms with Gasteiger partial charge in [-0.3, -0.25) is 9.10 Å². The van der Waals surface area contributed by atoms with Crippen molar-refractivity contribution in [2.75, 3.05) is 22.0 Å². The van der Waals surface area contributed by atoms with Gasteiger partial charge in [0, 0.05) is 5.56 Å². The van der Waals surface area contributed by atoms with Crippen molar-refractivity contribution in [1.82, 2.24) is 9.97 Å². The average Bonchev–Trinajstić information content (AvgIpc) is 2.92. The summed E-state index contributed by atoms with van der Waals surface area (Å²) in [6.45, 7) is 2.55. The Morgan fingerprint density at radius 2 is 1.73 bits per heavy atom. The number of carbonyl (C=O) groups is 1. The third-order valence-corrected chi connectivity index (χ3v) is 8.31. The zero-order valence-corrected chi connectivity index (χ0v) is 21.6. The Morgan fingerprint density at radius 1 is 1.00 bits per heavy atom. The van der Waals surface area contributed by atoms with Crippen LogP contribution in [0, 0.1) is 0 Å². The lowest BCUT2D eigenvalue weighted by Gasteiger charge is -2.31. The summed E-state index contributed by atoms with van der Waals surface area (Å²) >= 11 is 1.13. The number of nitrogens with zero attached hydrogens (tertiary/aromatic N) is 3. The van der Waals surface area contributed by atoms with E-state index in [1.165, 1.54) is 10.5 Å². The number of sulfonamides is 1. The first-order chi connectivity index (χ1) is 18.0. The second-order valence-electron chi connectivity index (χ2n) is 8.15. The van der Waals surface area contributed by atoms with Crippen LogP contribution in [0.2, 0.25) is 0 Å². The van der Waals surface area contributed by atoms with E-state index in [1.54, 1.807) is 24.3 Å². The quantitative estimate of drug-likeness (QED) is 0.252. The molecular formula is C27H24N4O4S2. The fourth-order valence-corrected chi connectivity index (χ4v) is 6.21. The van der Waals surface area contributed by atoms with E-state index in [0.29, 0.717) is 40.1 Å². The summed E-state index contributed by atoms with van der Waals surface area (Å²) in [5, 5.41) is 3.16. The Kier molecular flexibility index (Phi) is 7.11. The van der Waals surface area contributed by atoms with Crippen LogP contribution in [0.25, 0.3) is 11.3 Å². The normalized spacial score (nSPS) is 13.4. The Balaban J connectivity index is 1.38. The maximum Gasteiger partial charge on any atom is 0.268 e. The summed E-state index contributed by atoms with van der Waals surface area (Å²) in [6.07, 6.45) is 1.33. The first-order valence-electron chi connectivity index (χ1n) is 11.6. The number of anilines is 2. The highest BCUT2D eigenvalue weighted by Gasteiger charge is 2.36. The van der Waals surface area contributed by atoms with Crippen molar-refractivity contribution in [1.29, 1.82) is 0 Å². The first kappa shape index (κ1) is 24.8. The number of hydrogen-bond donors (Lipinski definition) is 1. The number of thioether (sulfide) groups is 1. The van der Waals surface area contributed by atoms with Gasteiger partial charge in [0.2, 0.25) is 5.91 Å². The number of fused-ring (bicyclic) bond motifs is 3. The van der Waals surface area contributed by atoms with Crippen LogP contribution in [0.5, 0.6) is 5.75 Å². The van der Waals surface area contributed by atoms with Crippen molar-refractivity contribution >= 4 is 39.1 Å². The number of nitrogens with one attached hydrogen (secondary N) is 1. The molecule has 3 aromatic carbocycles. The highest BCUT2D eigenvalue weighted by molar-refractivity contribution is 7.99. The molecule has 0 aliphatic carbocycles. The topological polar surface area (TPSA) is 101 Å². The van der Waals surface area contributed by atoms with Crippen LogP contribution in [0.15, 0.2) is 95.1 Å². The molecule has 1 amide bonds. The van der Waals surface area contributed by atoms with E-state index in [9.17, 15) is 13.2 Å². The minimum Gasteiger partial charge on any atom is -0.492 e. The molecule has 5 rings (SSSR count). The van der Waals surface area contributed by atoms with E-state index in [2.05, 4.69) is 15.3 Å². The summed E-state index contributed by atoms with van der Waals surface area (Å²) < 4.78 is 34.1. The molecule has 0 unspecified atom stereocenters. The van der Waals surface area contributed by atoms with Gasteiger partial charge in [0.15, 0.2) is 5.16 Å². The summed E-state index contributed by atoms with van der Waals surface area (Å²) in [5.41, 5.74) is 3.04. The predicted octanol–water partition coefficient (Wildman–Crippen LogP) is 4.98. The lowest BCUT2D eigenvalue weighted by Crippen LogP contribution is -2.34. The van der Waals surface area contributed by atoms with Gasteiger partial charge < -0.3 is 10.1 Å². The molecule has 10 heteroatoms. The molecule has 2 heterocycles. The van der Waals surface area contributed by atoms with E-state index >= 15 is 0 Å². The summed E-state index contributed by atoms with van der Waals surface area (Å²) in [4.78, 5) is 21.5. The minimum absolute atomic E-state index is 0.0431. The number of amides is 1. The number of carbonyl (C=O) groups excluding carboxylic acids is 1. The average molecular weight is 533 g/mol. The van der Waals surface area contributed by atoms with Crippen molar-refractivity contribution in [3.63, 3.8) is 0 Å². The molecule has 0 saturated heterocycles. The molecule has 0 bridgehead atoms. The lowest BCUT2D eigenvalue weighted by atomic mass is 10.1. The number of ether oxygens (including phenoxy) is 1. The Labute approximate surface area is 219 Å². The van der Waals surface area contributed by atoms with Gasteiger partial charge in [-0.05, 0) is 30.7 Å². The number of hydrogen-bond acceptors (Lipinski definition) is 7. The lowest BCUT2D eigenvalue weighted by molar-refractivity contribution is -0.113. The van der Waals surface area contributed by atoms with Crippen molar-refractivity contribution in [3.05, 3.63) is 90.6 Å². The van der Waals surface area contributed by atoms with Gasteiger partial charge in [0.25, 0.3) is 10.0 Å². The van der Waals surface area contributed by atoms with Gasteiger partial charge in [0.1, 0.15) is 10.6 Å². The SMILES string of the molecule is CCOc1ccccc1NC(=O)CSc1ncc2c(n1)-c1ccccc1N(Cc1ccccc1)S2(=O)=O. The van der Waals surface area contributed by atoms with Gasteiger partial charge in [-0.2, -0.15) is 0 Å². The predicted molar refractivity (Wildman–Crippen MR) is 144 cm³/mol. The largest absolute Gasteiger partial charge is 0.492 e. The molecule has 0 radical (unpaired) electrons. The number of aromatic nitrogens is 2. The van der Waals surface area contributed by atoms with E-state index < -0.39 is 10.0 Å². The Bertz CT molecular complexity index is 1550. The van der Waals surface area contributed by atoms with Crippen LogP contribution in [0.3, 0.4) is 0 Å². The summed E-state index contributed by atoms with van der Waals surface area (Å²) in [6, 6.07) is 23.9. The van der Waals surface area contributed by atoms with Crippen LogP contribution in [0.1, 0.15) is 12.5 Å². The Morgan fingerprint density at radius 3 is 2.54 bits per heavy atom. The van der Waals surface area contributed by atoms with Crippen molar-refractivity contribution in [2.45, 2.75) is 23.5 Å². The fraction of sp³-hybridized carbons (Fsp3) is 0.148. The van der Waals surface area contributed by atoms with Crippen molar-refractivity contribution < 1.29 is 17.9 Å². The van der Waals surface area contributed by atoms with Crippen LogP contribution in [0.4, 0.5) is 11.4 Å². The molecule has 0 fully saturated rings. The summed E-state index contributed by atoms with van der Waals surface area (Å²) in [7, 11) is -3.89. The first-order valence-corrected chi connectivity index (χ1v) is 14.1. The van der Waals surface area contributed by atoms with Crippen molar-refractivity contribution in [3.8, 4) is 17.0 Å². The molecule has 1 aromatic heterocycles. The monoisotopic (exact) mass is 532 g/mol. The van der Waals surface area contributed by atoms with E-state index in [4.69, 9.17) is 4.74 Å². The summed E-state index contributed by atoms with van der Waals surface area (Å²) in [5.74, 6) is 0.393. The number of para-hydroxylation sites is 3. The molecule has 1 aliphatic heterocycles. The van der Waals surface area contributed by atoms with Gasteiger partial charge in [-0.25, -0.2) is 18.4 Å². The highest BCUT2D eigenvalue weighted by atomic mass is 32.2. The van der Waals surface area contributed by atoms with Gasteiger partial charge in [0.05, 0.1) is 42.2 Å². The second kappa shape index (κ2) is 10.6. The minimum atomic E-state index is -3.89. The molecule has 0 saturated carbocycles. The van der Waals surface area contributed by atoms with Crippen LogP contribution in [-0.4, -0.2) is 36.7 Å². The van der Waals surface area contributed by atoms with Gasteiger partial charge in [-0.15, -0.1) is 0 Å². The molecule has 8 nitrogen and oxygen atoms in total. The maximum absolute atomic E-state index is 13.6. The molecule has 1 aliphatic rings. The fourth-order valence-electron chi connectivity index (χ4n) is 4.03. The van der Waals surface area contributed by atoms with Crippen LogP contribution in [-0.2, 0) is 21.4 Å². The maximum atomic E-state index is 13.6. The molecule has 4 aromatic rings. The van der Waals surface area contributed by atoms with Crippen LogP contribution >= 0.6 is 11.8 Å². The standard InChI is InChI=1S/C27H24N4O4S2/c1-2-35-23-15-9-7-13-21(23)29-25(32)18-36-27-28-16-24-26(30-27)20-12-6-8-14-22(20)31(37(24,33)34)17-19-10-4-3-5-11-19/h3-16H,2,17-18H2,1H3,(H,29,32). The van der Waals surface area contributed by atoms with E-state index in [0.717, 1.165) is 17.3 Å². The zero-order valence-electron chi connectivity index (χ0n) is 20.0. The molecule has 0 spiro atoms. The molecule has 37 heavy (non-hydrogen) atoms. The zero-order chi connectivity index (χ0) is 25.8. The molecule has 188 valence electrons. The Hall–Kier alpha value is -3.89. The van der Waals surface area contributed by atoms with Crippen molar-refractivity contribution in [2.24, 2.45) is 0 Å². The third-order valence-electron chi connectivity index (χ3n) is 5.69. The molecule has 0 atom stereocenters. The smallest absolute Gasteiger partial charge is 0.268 e. The molecule has 1 N–H and O–H groups in total. The van der Waals surface area contributed by atoms with Gasteiger partial charge >= 0.3 is 0 Å². The number of benzene rings is 3. The van der Waals surface area contributed by atoms with Gasteiger partial charge in [-0.1, -0.05) is 72.4 Å². The van der Waals surface area contributed by atoms with E-state index in [1.807, 2.05) is 61.5 Å². The third kappa shape index (κ3) is 5.16. The number of rotatable bonds is 8. The van der Waals surface area contributed by atoms with E-state index in [-0.39, 0.29) is 23.1 Å². The highest BCUT2D eigenvalue weighted by Crippen LogP contribution is 2.42.